The van der Waals surface area contributed by atoms with Crippen molar-refractivity contribution >= 4 is 39.9 Å². The molecule has 144 valence electrons. The second-order valence-electron chi connectivity index (χ2n) is 5.71. The highest BCUT2D eigenvalue weighted by molar-refractivity contribution is 7.15. The molecule has 1 heterocycles. The lowest BCUT2D eigenvalue weighted by atomic mass is 10.1. The number of anilines is 2. The van der Waals surface area contributed by atoms with E-state index in [9.17, 15) is 14.4 Å². The van der Waals surface area contributed by atoms with Crippen molar-refractivity contribution in [3.05, 3.63) is 40.4 Å². The van der Waals surface area contributed by atoms with Crippen LogP contribution in [0.1, 0.15) is 33.8 Å². The minimum absolute atomic E-state index is 0.0499. The molecule has 9 heteroatoms. The largest absolute Gasteiger partial charge is 0.481 e. The van der Waals surface area contributed by atoms with Crippen LogP contribution in [0, 0.1) is 13.8 Å². The van der Waals surface area contributed by atoms with Crippen molar-refractivity contribution in [2.24, 2.45) is 0 Å². The third-order valence-electron chi connectivity index (χ3n) is 3.63. The summed E-state index contributed by atoms with van der Waals surface area (Å²) in [7, 11) is 0. The Morgan fingerprint density at radius 1 is 1.11 bits per heavy atom. The standard InChI is InChI=1S/C18H21N3O5S/c1-11-12(2)27-18(19-11)21-17(25)13-5-3-4-6-14(13)20-15(22)7-9-26-10-8-16(23)24/h3-6H,7-10H2,1-2H3,(H,20,22)(H,23,24)(H,19,21,25). The summed E-state index contributed by atoms with van der Waals surface area (Å²) >= 11 is 1.39. The monoisotopic (exact) mass is 391 g/mol. The minimum atomic E-state index is -0.954. The molecular weight excluding hydrogens is 370 g/mol. The predicted molar refractivity (Wildman–Crippen MR) is 102 cm³/mol. The van der Waals surface area contributed by atoms with Gasteiger partial charge in [-0.05, 0) is 26.0 Å². The van der Waals surface area contributed by atoms with Gasteiger partial charge in [0.15, 0.2) is 5.13 Å². The lowest BCUT2D eigenvalue weighted by Crippen LogP contribution is -2.19. The Bertz CT molecular complexity index is 815. The van der Waals surface area contributed by atoms with Crippen molar-refractivity contribution in [2.45, 2.75) is 26.7 Å². The zero-order chi connectivity index (χ0) is 19.8. The number of amides is 2. The van der Waals surface area contributed by atoms with Gasteiger partial charge < -0.3 is 15.2 Å². The summed E-state index contributed by atoms with van der Waals surface area (Å²) in [4.78, 5) is 40.3. The van der Waals surface area contributed by atoms with E-state index in [4.69, 9.17) is 9.84 Å². The number of carbonyl (C=O) groups is 3. The van der Waals surface area contributed by atoms with Gasteiger partial charge in [-0.25, -0.2) is 4.98 Å². The first-order valence-corrected chi connectivity index (χ1v) is 9.12. The van der Waals surface area contributed by atoms with Crippen molar-refractivity contribution in [1.82, 2.24) is 4.98 Å². The quantitative estimate of drug-likeness (QED) is 0.566. The Morgan fingerprint density at radius 2 is 1.81 bits per heavy atom. The molecule has 27 heavy (non-hydrogen) atoms. The van der Waals surface area contributed by atoms with Crippen LogP contribution >= 0.6 is 11.3 Å². The van der Waals surface area contributed by atoms with E-state index in [-0.39, 0.29) is 37.9 Å². The number of hydrogen-bond acceptors (Lipinski definition) is 6. The smallest absolute Gasteiger partial charge is 0.305 e. The van der Waals surface area contributed by atoms with Gasteiger partial charge in [0.05, 0.1) is 43.0 Å². The van der Waals surface area contributed by atoms with E-state index < -0.39 is 5.97 Å². The van der Waals surface area contributed by atoms with Crippen LogP contribution in [0.3, 0.4) is 0 Å². The van der Waals surface area contributed by atoms with E-state index in [0.717, 1.165) is 10.6 Å². The molecule has 0 radical (unpaired) electrons. The van der Waals surface area contributed by atoms with Gasteiger partial charge in [-0.1, -0.05) is 12.1 Å². The molecule has 0 aliphatic rings. The van der Waals surface area contributed by atoms with Crippen LogP contribution in [0.25, 0.3) is 0 Å². The van der Waals surface area contributed by atoms with E-state index in [1.54, 1.807) is 24.3 Å². The summed E-state index contributed by atoms with van der Waals surface area (Å²) in [6.07, 6.45) is -0.0548. The van der Waals surface area contributed by atoms with Gasteiger partial charge in [0, 0.05) is 4.88 Å². The molecule has 1 aromatic carbocycles. The summed E-state index contributed by atoms with van der Waals surface area (Å²) < 4.78 is 5.10. The third kappa shape index (κ3) is 6.46. The van der Waals surface area contributed by atoms with E-state index in [1.165, 1.54) is 11.3 Å². The van der Waals surface area contributed by atoms with E-state index in [0.29, 0.717) is 16.4 Å². The predicted octanol–water partition coefficient (Wildman–Crippen LogP) is 2.83. The number of thiazole rings is 1. The molecule has 0 saturated heterocycles. The van der Waals surface area contributed by atoms with Gasteiger partial charge >= 0.3 is 5.97 Å². The fourth-order valence-electron chi connectivity index (χ4n) is 2.12. The molecule has 0 bridgehead atoms. The highest BCUT2D eigenvalue weighted by atomic mass is 32.1. The molecule has 0 saturated carbocycles. The van der Waals surface area contributed by atoms with Crippen LogP contribution in [-0.4, -0.2) is 41.1 Å². The first kappa shape index (κ1) is 20.5. The summed E-state index contributed by atoms with van der Waals surface area (Å²) in [6, 6.07) is 6.67. The fourth-order valence-corrected chi connectivity index (χ4v) is 2.93. The maximum atomic E-state index is 12.5. The average Bonchev–Trinajstić information content (AvgIpc) is 2.92. The Hall–Kier alpha value is -2.78. The number of carbonyl (C=O) groups excluding carboxylic acids is 2. The Morgan fingerprint density at radius 3 is 2.48 bits per heavy atom. The lowest BCUT2D eigenvalue weighted by molar-refractivity contribution is -0.138. The van der Waals surface area contributed by atoms with Crippen LogP contribution in [0.2, 0.25) is 0 Å². The highest BCUT2D eigenvalue weighted by Crippen LogP contribution is 2.23. The number of benzene rings is 1. The van der Waals surface area contributed by atoms with Gasteiger partial charge in [-0.2, -0.15) is 0 Å². The first-order valence-electron chi connectivity index (χ1n) is 8.30. The van der Waals surface area contributed by atoms with Crippen LogP contribution in [-0.2, 0) is 14.3 Å². The topological polar surface area (TPSA) is 118 Å². The number of aryl methyl sites for hydroxylation is 2. The van der Waals surface area contributed by atoms with E-state index >= 15 is 0 Å². The van der Waals surface area contributed by atoms with Crippen LogP contribution in [0.4, 0.5) is 10.8 Å². The highest BCUT2D eigenvalue weighted by Gasteiger charge is 2.15. The molecule has 0 spiro atoms. The second kappa shape index (κ2) is 9.79. The second-order valence-corrected chi connectivity index (χ2v) is 6.92. The van der Waals surface area contributed by atoms with Crippen molar-refractivity contribution in [1.29, 1.82) is 0 Å². The fraction of sp³-hybridized carbons (Fsp3) is 0.333. The first-order chi connectivity index (χ1) is 12.9. The number of aliphatic carboxylic acids is 1. The SMILES string of the molecule is Cc1nc(NC(=O)c2ccccc2NC(=O)CCOCCC(=O)O)sc1C. The van der Waals surface area contributed by atoms with E-state index in [1.807, 2.05) is 13.8 Å². The summed E-state index contributed by atoms with van der Waals surface area (Å²) in [6.45, 7) is 3.95. The number of ether oxygens (including phenoxy) is 1. The Balaban J connectivity index is 1.93. The Labute approximate surface area is 160 Å². The molecule has 0 atom stereocenters. The molecule has 8 nitrogen and oxygen atoms in total. The molecule has 1 aromatic heterocycles. The number of nitrogens with zero attached hydrogens (tertiary/aromatic N) is 1. The zero-order valence-electron chi connectivity index (χ0n) is 15.1. The molecule has 2 aromatic rings. The van der Waals surface area contributed by atoms with Crippen LogP contribution in [0.5, 0.6) is 0 Å². The van der Waals surface area contributed by atoms with Gasteiger partial charge in [0.1, 0.15) is 0 Å². The normalized spacial score (nSPS) is 10.4. The summed E-state index contributed by atoms with van der Waals surface area (Å²) in [5, 5.41) is 14.4. The maximum Gasteiger partial charge on any atom is 0.305 e. The van der Waals surface area contributed by atoms with Crippen LogP contribution in [0.15, 0.2) is 24.3 Å². The summed E-state index contributed by atoms with van der Waals surface area (Å²) in [5.74, 6) is -1.64. The molecule has 0 aliphatic carbocycles. The zero-order valence-corrected chi connectivity index (χ0v) is 15.9. The molecular formula is C18H21N3O5S. The number of carboxylic acids is 1. The minimum Gasteiger partial charge on any atom is -0.481 e. The van der Waals surface area contributed by atoms with Crippen molar-refractivity contribution < 1.29 is 24.2 Å². The maximum absolute atomic E-state index is 12.5. The van der Waals surface area contributed by atoms with Gasteiger partial charge in [0.25, 0.3) is 5.91 Å². The molecule has 0 fully saturated rings. The average molecular weight is 391 g/mol. The van der Waals surface area contributed by atoms with Gasteiger partial charge in [0.2, 0.25) is 5.91 Å². The molecule has 0 aliphatic heterocycles. The number of nitrogens with one attached hydrogen (secondary N) is 2. The van der Waals surface area contributed by atoms with Crippen molar-refractivity contribution in [2.75, 3.05) is 23.8 Å². The Kier molecular flexibility index (Phi) is 7.44. The molecule has 3 N–H and O–H groups in total. The number of aromatic nitrogens is 1. The van der Waals surface area contributed by atoms with Gasteiger partial charge in [-0.15, -0.1) is 11.3 Å². The third-order valence-corrected chi connectivity index (χ3v) is 4.62. The summed E-state index contributed by atoms with van der Waals surface area (Å²) in [5.41, 5.74) is 1.57. The number of rotatable bonds is 9. The van der Waals surface area contributed by atoms with Crippen molar-refractivity contribution in [3.63, 3.8) is 0 Å². The van der Waals surface area contributed by atoms with Crippen LogP contribution < -0.4 is 10.6 Å². The molecule has 0 unspecified atom stereocenters. The van der Waals surface area contributed by atoms with E-state index in [2.05, 4.69) is 15.6 Å². The number of hydrogen-bond donors (Lipinski definition) is 3. The molecule has 2 amide bonds. The number of para-hydroxylation sites is 1. The number of carboxylic acid groups (broad SMARTS) is 1. The van der Waals surface area contributed by atoms with Crippen molar-refractivity contribution in [3.8, 4) is 0 Å². The lowest BCUT2D eigenvalue weighted by Gasteiger charge is -2.10. The van der Waals surface area contributed by atoms with Gasteiger partial charge in [-0.3, -0.25) is 19.7 Å². The molecule has 2 rings (SSSR count).